The van der Waals surface area contributed by atoms with E-state index in [2.05, 4.69) is 4.99 Å². The predicted octanol–water partition coefficient (Wildman–Crippen LogP) is 1.66. The molecule has 142 valence electrons. The lowest BCUT2D eigenvalue weighted by atomic mass is 9.73. The molecule has 0 spiro atoms. The Morgan fingerprint density at radius 2 is 2.23 bits per heavy atom. The second-order valence-electron chi connectivity index (χ2n) is 6.37. The van der Waals surface area contributed by atoms with Gasteiger partial charge < -0.3 is 19.9 Å². The molecule has 1 saturated heterocycles. The van der Waals surface area contributed by atoms with Gasteiger partial charge in [0.15, 0.2) is 0 Å². The van der Waals surface area contributed by atoms with Crippen LogP contribution in [0.2, 0.25) is 0 Å². The Labute approximate surface area is 148 Å². The maximum atomic E-state index is 14.6. The maximum absolute atomic E-state index is 14.6. The smallest absolute Gasteiger partial charge is 0.283 e. The number of halogens is 2. The lowest BCUT2D eigenvalue weighted by molar-refractivity contribution is -0.385. The molecule has 0 amide bonds. The third kappa shape index (κ3) is 2.78. The van der Waals surface area contributed by atoms with Gasteiger partial charge in [0.2, 0.25) is 0 Å². The molecule has 0 radical (unpaired) electrons. The number of hydrogen-bond donors (Lipinski definition) is 1. The summed E-state index contributed by atoms with van der Waals surface area (Å²) in [5, 5.41) is 11.1. The number of fused-ring (bicyclic) bond motifs is 1. The van der Waals surface area contributed by atoms with Crippen molar-refractivity contribution in [3.63, 3.8) is 0 Å². The molecule has 26 heavy (non-hydrogen) atoms. The van der Waals surface area contributed by atoms with Crippen LogP contribution in [-0.2, 0) is 19.7 Å². The van der Waals surface area contributed by atoms with E-state index in [1.165, 1.54) is 7.11 Å². The summed E-state index contributed by atoms with van der Waals surface area (Å²) >= 11 is 0. The maximum Gasteiger partial charge on any atom is 0.283 e. The first kappa shape index (κ1) is 18.5. The molecule has 1 aromatic rings. The number of hydrogen-bond acceptors (Lipinski definition) is 7. The van der Waals surface area contributed by atoms with Gasteiger partial charge in [0.05, 0.1) is 29.7 Å². The zero-order chi connectivity index (χ0) is 19.1. The first-order valence-corrected chi connectivity index (χ1v) is 8.00. The monoisotopic (exact) mass is 371 g/mol. The molecule has 2 aliphatic rings. The first-order chi connectivity index (χ1) is 12.3. The van der Waals surface area contributed by atoms with Crippen molar-refractivity contribution in [2.75, 3.05) is 20.4 Å². The molecule has 0 bridgehead atoms. The third-order valence-electron chi connectivity index (χ3n) is 4.89. The molecule has 1 fully saturated rings. The molecule has 2 heterocycles. The zero-order valence-electron chi connectivity index (χ0n) is 14.2. The summed E-state index contributed by atoms with van der Waals surface area (Å²) in [5.41, 5.74) is 3.29. The fourth-order valence-electron chi connectivity index (χ4n) is 3.82. The Balaban J connectivity index is 2.21. The van der Waals surface area contributed by atoms with Crippen LogP contribution in [0, 0.1) is 21.8 Å². The van der Waals surface area contributed by atoms with Crippen LogP contribution in [0.3, 0.4) is 0 Å². The van der Waals surface area contributed by atoms with E-state index in [0.717, 1.165) is 18.2 Å². The molecule has 10 heteroatoms. The number of aliphatic imine (C=N–C) groups is 1. The van der Waals surface area contributed by atoms with E-state index in [0.29, 0.717) is 0 Å². The van der Waals surface area contributed by atoms with Gasteiger partial charge in [-0.15, -0.1) is 0 Å². The van der Waals surface area contributed by atoms with Crippen molar-refractivity contribution in [3.8, 4) is 0 Å². The normalized spacial score (nSPS) is 33.3. The summed E-state index contributed by atoms with van der Waals surface area (Å²) in [6.45, 7) is 0.688. The Morgan fingerprint density at radius 1 is 1.50 bits per heavy atom. The highest BCUT2D eigenvalue weighted by Gasteiger charge is 2.60. The number of nitro groups is 1. The summed E-state index contributed by atoms with van der Waals surface area (Å²) < 4.78 is 45.5. The highest BCUT2D eigenvalue weighted by Crippen LogP contribution is 2.49. The minimum Gasteiger partial charge on any atom is -0.459 e. The van der Waals surface area contributed by atoms with E-state index in [4.69, 9.17) is 19.9 Å². The van der Waals surface area contributed by atoms with E-state index in [1.54, 1.807) is 6.92 Å². The Kier molecular flexibility index (Phi) is 4.80. The van der Waals surface area contributed by atoms with Gasteiger partial charge in [-0.05, 0) is 13.0 Å². The Hall–Kier alpha value is -2.33. The SMILES string of the molecule is COC[C@@H]1O[C@H](C)[C@H]2OC(N)=N[C@](CF)(c3cc([N+](=O)[O-])ccc3F)[C@H]21. The molecule has 5 atom stereocenters. The lowest BCUT2D eigenvalue weighted by Gasteiger charge is -2.41. The van der Waals surface area contributed by atoms with Crippen molar-refractivity contribution >= 4 is 11.7 Å². The lowest BCUT2D eigenvalue weighted by Crippen LogP contribution is -2.53. The molecule has 0 aromatic heterocycles. The van der Waals surface area contributed by atoms with Crippen LogP contribution < -0.4 is 5.73 Å². The summed E-state index contributed by atoms with van der Waals surface area (Å²) in [5.74, 6) is -1.59. The van der Waals surface area contributed by atoms with Crippen LogP contribution in [-0.4, -0.2) is 49.6 Å². The number of ether oxygens (including phenoxy) is 3. The van der Waals surface area contributed by atoms with Crippen molar-refractivity contribution in [1.82, 2.24) is 0 Å². The largest absolute Gasteiger partial charge is 0.459 e. The average molecular weight is 371 g/mol. The fourth-order valence-corrected chi connectivity index (χ4v) is 3.82. The van der Waals surface area contributed by atoms with Crippen molar-refractivity contribution in [3.05, 3.63) is 39.7 Å². The van der Waals surface area contributed by atoms with E-state index in [1.807, 2.05) is 0 Å². The molecular formula is C16H19F2N3O5. The highest BCUT2D eigenvalue weighted by molar-refractivity contribution is 5.73. The number of amidine groups is 1. The zero-order valence-corrected chi connectivity index (χ0v) is 14.2. The van der Waals surface area contributed by atoms with Crippen LogP contribution in [0.15, 0.2) is 23.2 Å². The highest BCUT2D eigenvalue weighted by atomic mass is 19.1. The van der Waals surface area contributed by atoms with Crippen LogP contribution in [0.5, 0.6) is 0 Å². The topological polar surface area (TPSA) is 109 Å². The van der Waals surface area contributed by atoms with Gasteiger partial charge in [0, 0.05) is 24.8 Å². The van der Waals surface area contributed by atoms with E-state index in [9.17, 15) is 18.9 Å². The predicted molar refractivity (Wildman–Crippen MR) is 86.9 cm³/mol. The number of alkyl halides is 1. The third-order valence-corrected chi connectivity index (χ3v) is 4.89. The van der Waals surface area contributed by atoms with Gasteiger partial charge in [-0.3, -0.25) is 10.1 Å². The molecular weight excluding hydrogens is 352 g/mol. The van der Waals surface area contributed by atoms with E-state index >= 15 is 0 Å². The summed E-state index contributed by atoms with van der Waals surface area (Å²) in [6.07, 6.45) is -1.81. The summed E-state index contributed by atoms with van der Waals surface area (Å²) in [4.78, 5) is 14.5. The average Bonchev–Trinajstić information content (AvgIpc) is 2.91. The van der Waals surface area contributed by atoms with Crippen molar-refractivity contribution in [2.45, 2.75) is 30.8 Å². The number of nitrogens with two attached hydrogens (primary N) is 1. The summed E-state index contributed by atoms with van der Waals surface area (Å²) in [7, 11) is 1.45. The van der Waals surface area contributed by atoms with Crippen molar-refractivity contribution in [1.29, 1.82) is 0 Å². The van der Waals surface area contributed by atoms with Gasteiger partial charge in [0.25, 0.3) is 11.7 Å². The molecule has 3 rings (SSSR count). The van der Waals surface area contributed by atoms with Crippen molar-refractivity contribution < 1.29 is 27.9 Å². The number of benzene rings is 1. The number of rotatable bonds is 5. The second kappa shape index (κ2) is 6.76. The second-order valence-corrected chi connectivity index (χ2v) is 6.37. The molecule has 8 nitrogen and oxygen atoms in total. The Morgan fingerprint density at radius 3 is 2.85 bits per heavy atom. The fraction of sp³-hybridized carbons (Fsp3) is 0.562. The first-order valence-electron chi connectivity index (χ1n) is 8.00. The van der Waals surface area contributed by atoms with Gasteiger partial charge in [-0.1, -0.05) is 0 Å². The molecule has 0 aliphatic carbocycles. The van der Waals surface area contributed by atoms with Gasteiger partial charge in [-0.25, -0.2) is 13.8 Å². The molecule has 1 aromatic carbocycles. The molecule has 2 aliphatic heterocycles. The quantitative estimate of drug-likeness (QED) is 0.623. The minimum atomic E-state index is -1.81. The number of nitro benzene ring substituents is 1. The molecule has 2 N–H and O–H groups in total. The van der Waals surface area contributed by atoms with Gasteiger partial charge in [-0.2, -0.15) is 0 Å². The Bertz CT molecular complexity index is 747. The van der Waals surface area contributed by atoms with Crippen LogP contribution in [0.4, 0.5) is 14.5 Å². The number of non-ortho nitro benzene ring substituents is 1. The standard InChI is InChI=1S/C16H19F2N3O5/c1-8-14-13(12(25-8)6-24-2)16(7-17,20-15(19)26-14)10-5-9(21(22)23)3-4-11(10)18/h3-5,8,12-14H,6-7H2,1-2H3,(H2,19,20)/t8-,12+,13+,14-,16-/m1/s1. The summed E-state index contributed by atoms with van der Waals surface area (Å²) in [6, 6.07) is 2.60. The molecule has 0 saturated carbocycles. The van der Waals surface area contributed by atoms with Crippen LogP contribution in [0.1, 0.15) is 12.5 Å². The van der Waals surface area contributed by atoms with E-state index < -0.39 is 47.2 Å². The minimum absolute atomic E-state index is 0.0998. The number of methoxy groups -OCH3 is 1. The van der Waals surface area contributed by atoms with Gasteiger partial charge >= 0.3 is 0 Å². The van der Waals surface area contributed by atoms with Gasteiger partial charge in [0.1, 0.15) is 24.1 Å². The van der Waals surface area contributed by atoms with Crippen LogP contribution >= 0.6 is 0 Å². The number of nitrogens with zero attached hydrogens (tertiary/aromatic N) is 2. The van der Waals surface area contributed by atoms with Crippen LogP contribution in [0.25, 0.3) is 0 Å². The molecule has 0 unspecified atom stereocenters. The van der Waals surface area contributed by atoms with E-state index in [-0.39, 0.29) is 23.9 Å². The van der Waals surface area contributed by atoms with Crippen molar-refractivity contribution in [2.24, 2.45) is 16.6 Å².